The molecule has 0 bridgehead atoms. The second kappa shape index (κ2) is 4.72. The van der Waals surface area contributed by atoms with Crippen molar-refractivity contribution in [1.29, 1.82) is 0 Å². The zero-order valence-electron chi connectivity index (χ0n) is 10.6. The Hall–Kier alpha value is -1.61. The van der Waals surface area contributed by atoms with Gasteiger partial charge in [-0.25, -0.2) is 0 Å². The highest BCUT2D eigenvalue weighted by Gasteiger charge is 2.15. The predicted molar refractivity (Wildman–Crippen MR) is 69.8 cm³/mol. The molecule has 0 radical (unpaired) electrons. The van der Waals surface area contributed by atoms with Gasteiger partial charge in [0.1, 0.15) is 0 Å². The summed E-state index contributed by atoms with van der Waals surface area (Å²) in [5.74, 6) is 0. The average molecular weight is 229 g/mol. The van der Waals surface area contributed by atoms with Gasteiger partial charge in [0.2, 0.25) is 0 Å². The van der Waals surface area contributed by atoms with E-state index in [1.807, 2.05) is 17.9 Å². The van der Waals surface area contributed by atoms with E-state index in [0.29, 0.717) is 0 Å². The highest BCUT2D eigenvalue weighted by molar-refractivity contribution is 5.34. The first-order valence-corrected chi connectivity index (χ1v) is 5.96. The number of hydrogen-bond acceptors (Lipinski definition) is 2. The third-order valence-corrected chi connectivity index (χ3v) is 3.04. The number of nitrogens with two attached hydrogens (primary N) is 1. The Morgan fingerprint density at radius 3 is 2.53 bits per heavy atom. The van der Waals surface area contributed by atoms with E-state index in [4.69, 9.17) is 5.73 Å². The van der Waals surface area contributed by atoms with Gasteiger partial charge in [0.15, 0.2) is 0 Å². The molecule has 0 aliphatic heterocycles. The molecule has 3 heteroatoms. The first-order valence-electron chi connectivity index (χ1n) is 5.96. The maximum atomic E-state index is 6.30. The van der Waals surface area contributed by atoms with Gasteiger partial charge in [0.25, 0.3) is 0 Å². The number of hydrogen-bond donors (Lipinski definition) is 1. The smallest absolute Gasteiger partial charge is 0.0672 e. The fraction of sp³-hybridized carbons (Fsp3) is 0.357. The molecule has 0 saturated heterocycles. The van der Waals surface area contributed by atoms with Gasteiger partial charge in [-0.2, -0.15) is 5.10 Å². The van der Waals surface area contributed by atoms with Gasteiger partial charge in [-0.1, -0.05) is 36.8 Å². The summed E-state index contributed by atoms with van der Waals surface area (Å²) in [4.78, 5) is 0. The number of nitrogens with zero attached hydrogens (tertiary/aromatic N) is 2. The Labute approximate surface area is 102 Å². The van der Waals surface area contributed by atoms with Crippen molar-refractivity contribution in [2.45, 2.75) is 26.3 Å². The average Bonchev–Trinajstić information content (AvgIpc) is 2.70. The van der Waals surface area contributed by atoms with Crippen molar-refractivity contribution >= 4 is 0 Å². The molecule has 0 aliphatic carbocycles. The summed E-state index contributed by atoms with van der Waals surface area (Å²) in [6, 6.07) is 8.28. The van der Waals surface area contributed by atoms with Crippen molar-refractivity contribution in [3.8, 4) is 0 Å². The molecule has 1 heterocycles. The van der Waals surface area contributed by atoms with Crippen LogP contribution >= 0.6 is 0 Å². The third kappa shape index (κ3) is 2.39. The molecule has 0 spiro atoms. The fourth-order valence-electron chi connectivity index (χ4n) is 2.04. The van der Waals surface area contributed by atoms with Crippen LogP contribution in [0.15, 0.2) is 30.5 Å². The molecule has 0 fully saturated rings. The van der Waals surface area contributed by atoms with Crippen LogP contribution in [0.5, 0.6) is 0 Å². The van der Waals surface area contributed by atoms with Crippen LogP contribution < -0.4 is 5.73 Å². The Bertz CT molecular complexity index is 497. The van der Waals surface area contributed by atoms with Crippen LogP contribution in [0.25, 0.3) is 0 Å². The summed E-state index contributed by atoms with van der Waals surface area (Å²) < 4.78 is 1.84. The van der Waals surface area contributed by atoms with Gasteiger partial charge < -0.3 is 5.73 Å². The van der Waals surface area contributed by atoms with Crippen LogP contribution in [-0.4, -0.2) is 9.78 Å². The second-order valence-electron chi connectivity index (χ2n) is 4.45. The van der Waals surface area contributed by atoms with Gasteiger partial charge in [-0.15, -0.1) is 0 Å². The van der Waals surface area contributed by atoms with Crippen LogP contribution in [0.4, 0.5) is 0 Å². The van der Waals surface area contributed by atoms with Crippen LogP contribution in [-0.2, 0) is 13.5 Å². The molecule has 1 aromatic carbocycles. The number of rotatable bonds is 3. The number of benzene rings is 1. The molecule has 90 valence electrons. The van der Waals surface area contributed by atoms with Crippen molar-refractivity contribution in [3.63, 3.8) is 0 Å². The van der Waals surface area contributed by atoms with E-state index in [9.17, 15) is 0 Å². The molecule has 1 atom stereocenters. The van der Waals surface area contributed by atoms with E-state index < -0.39 is 0 Å². The Kier molecular flexibility index (Phi) is 3.29. The van der Waals surface area contributed by atoms with Crippen LogP contribution in [0, 0.1) is 6.92 Å². The lowest BCUT2D eigenvalue weighted by Crippen LogP contribution is -2.12. The minimum absolute atomic E-state index is 0.0840. The first-order chi connectivity index (χ1) is 8.11. The highest BCUT2D eigenvalue weighted by atomic mass is 15.3. The van der Waals surface area contributed by atoms with E-state index >= 15 is 0 Å². The monoisotopic (exact) mass is 229 g/mol. The molecule has 0 aliphatic rings. The zero-order valence-corrected chi connectivity index (χ0v) is 10.6. The quantitative estimate of drug-likeness (QED) is 0.878. The summed E-state index contributed by atoms with van der Waals surface area (Å²) in [6.07, 6.45) is 2.93. The van der Waals surface area contributed by atoms with Crippen LogP contribution in [0.3, 0.4) is 0 Å². The molecule has 2 rings (SSSR count). The molecular weight excluding hydrogens is 210 g/mol. The number of aryl methyl sites for hydroxylation is 3. The molecular formula is C14H19N3. The summed E-state index contributed by atoms with van der Waals surface area (Å²) in [6.45, 7) is 4.19. The predicted octanol–water partition coefficient (Wildman–Crippen LogP) is 2.34. The van der Waals surface area contributed by atoms with Crippen LogP contribution in [0.2, 0.25) is 0 Å². The van der Waals surface area contributed by atoms with E-state index in [1.165, 1.54) is 5.56 Å². The zero-order chi connectivity index (χ0) is 12.4. The second-order valence-corrected chi connectivity index (χ2v) is 4.45. The van der Waals surface area contributed by atoms with E-state index in [-0.39, 0.29) is 6.04 Å². The fourth-order valence-corrected chi connectivity index (χ4v) is 2.04. The lowest BCUT2D eigenvalue weighted by Gasteiger charge is -2.12. The van der Waals surface area contributed by atoms with Crippen molar-refractivity contribution < 1.29 is 0 Å². The maximum Gasteiger partial charge on any atom is 0.0672 e. The summed E-state index contributed by atoms with van der Waals surface area (Å²) >= 11 is 0. The van der Waals surface area contributed by atoms with Gasteiger partial charge in [-0.3, -0.25) is 4.68 Å². The summed E-state index contributed by atoms with van der Waals surface area (Å²) in [5, 5.41) is 4.43. The van der Waals surface area contributed by atoms with E-state index in [2.05, 4.69) is 43.2 Å². The molecule has 2 N–H and O–H groups in total. The molecule has 0 saturated carbocycles. The largest absolute Gasteiger partial charge is 0.320 e. The van der Waals surface area contributed by atoms with Crippen LogP contribution in [0.1, 0.15) is 35.3 Å². The lowest BCUT2D eigenvalue weighted by molar-refractivity contribution is 0.746. The molecule has 2 aromatic rings. The van der Waals surface area contributed by atoms with E-state index in [0.717, 1.165) is 23.2 Å². The third-order valence-electron chi connectivity index (χ3n) is 3.04. The van der Waals surface area contributed by atoms with Crippen molar-refractivity contribution in [1.82, 2.24) is 9.78 Å². The van der Waals surface area contributed by atoms with E-state index in [1.54, 1.807) is 0 Å². The molecule has 1 unspecified atom stereocenters. The normalized spacial score (nSPS) is 12.7. The standard InChI is InChI=1S/C14H19N3/c1-4-13-12(9-17(3)16-13)14(15)11-7-5-10(2)6-8-11/h5-9,14H,4,15H2,1-3H3. The highest BCUT2D eigenvalue weighted by Crippen LogP contribution is 2.22. The van der Waals surface area contributed by atoms with Crippen molar-refractivity contribution in [3.05, 3.63) is 52.8 Å². The first kappa shape index (κ1) is 11.9. The van der Waals surface area contributed by atoms with Gasteiger partial charge in [0.05, 0.1) is 11.7 Å². The Morgan fingerprint density at radius 2 is 1.94 bits per heavy atom. The Morgan fingerprint density at radius 1 is 1.29 bits per heavy atom. The maximum absolute atomic E-state index is 6.30. The Balaban J connectivity index is 2.35. The van der Waals surface area contributed by atoms with Gasteiger partial charge in [0, 0.05) is 18.8 Å². The van der Waals surface area contributed by atoms with Gasteiger partial charge >= 0.3 is 0 Å². The molecule has 0 amide bonds. The molecule has 1 aromatic heterocycles. The minimum atomic E-state index is -0.0840. The molecule has 3 nitrogen and oxygen atoms in total. The SMILES string of the molecule is CCc1nn(C)cc1C(N)c1ccc(C)cc1. The molecule has 17 heavy (non-hydrogen) atoms. The number of aromatic nitrogens is 2. The summed E-state index contributed by atoms with van der Waals surface area (Å²) in [5.41, 5.74) is 10.9. The minimum Gasteiger partial charge on any atom is -0.320 e. The van der Waals surface area contributed by atoms with Crippen molar-refractivity contribution in [2.24, 2.45) is 12.8 Å². The van der Waals surface area contributed by atoms with Gasteiger partial charge in [-0.05, 0) is 18.9 Å². The lowest BCUT2D eigenvalue weighted by atomic mass is 9.98. The topological polar surface area (TPSA) is 43.8 Å². The van der Waals surface area contributed by atoms with Crippen molar-refractivity contribution in [2.75, 3.05) is 0 Å². The summed E-state index contributed by atoms with van der Waals surface area (Å²) in [7, 11) is 1.94.